The summed E-state index contributed by atoms with van der Waals surface area (Å²) in [5, 5.41) is 12.2. The summed E-state index contributed by atoms with van der Waals surface area (Å²) in [5.41, 5.74) is 3.48. The van der Waals surface area contributed by atoms with E-state index in [1.807, 2.05) is 18.2 Å². The van der Waals surface area contributed by atoms with Gasteiger partial charge in [-0.3, -0.25) is 9.36 Å². The van der Waals surface area contributed by atoms with Gasteiger partial charge < -0.3 is 15.2 Å². The van der Waals surface area contributed by atoms with Crippen LogP contribution in [0.15, 0.2) is 41.3 Å². The van der Waals surface area contributed by atoms with Crippen LogP contribution in [0.3, 0.4) is 0 Å². The van der Waals surface area contributed by atoms with Crippen molar-refractivity contribution < 1.29 is 14.6 Å². The van der Waals surface area contributed by atoms with Gasteiger partial charge in [0.15, 0.2) is 5.65 Å². The maximum absolute atomic E-state index is 12.8. The van der Waals surface area contributed by atoms with Crippen LogP contribution in [0.1, 0.15) is 50.7 Å². The number of amides is 1. The van der Waals surface area contributed by atoms with Gasteiger partial charge in [0.2, 0.25) is 5.88 Å². The summed E-state index contributed by atoms with van der Waals surface area (Å²) < 4.78 is 6.79. The molecule has 0 saturated heterocycles. The minimum atomic E-state index is -1.01. The zero-order chi connectivity index (χ0) is 23.0. The summed E-state index contributed by atoms with van der Waals surface area (Å²) >= 11 is 0. The smallest absolute Gasteiger partial charge is 0.404 e. The first-order chi connectivity index (χ1) is 15.2. The third kappa shape index (κ3) is 4.04. The van der Waals surface area contributed by atoms with Gasteiger partial charge >= 0.3 is 6.09 Å². The first kappa shape index (κ1) is 21.8. The molecule has 0 fully saturated rings. The fourth-order valence-electron chi connectivity index (χ4n) is 4.72. The summed E-state index contributed by atoms with van der Waals surface area (Å²) in [6, 6.07) is 9.21. The van der Waals surface area contributed by atoms with Gasteiger partial charge in [0.05, 0.1) is 19.0 Å². The van der Waals surface area contributed by atoms with E-state index in [2.05, 4.69) is 36.1 Å². The first-order valence-corrected chi connectivity index (χ1v) is 10.7. The standard InChI is InChI=1S/C24H28N4O4/c1-24(2,3)21(27-23(30)31)17-7-5-6-14-12-15(8-9-16(14)17)28-20(29)13-25-18-10-11-19(32-4)26-22(18)28/h8-13,17,21,27H,5-7H2,1-4H3,(H,30,31). The van der Waals surface area contributed by atoms with Gasteiger partial charge in [-0.2, -0.15) is 4.98 Å². The number of nitrogens with one attached hydrogen (secondary N) is 1. The van der Waals surface area contributed by atoms with E-state index >= 15 is 0 Å². The molecule has 0 saturated carbocycles. The van der Waals surface area contributed by atoms with Crippen molar-refractivity contribution in [1.29, 1.82) is 0 Å². The number of aromatic nitrogens is 3. The van der Waals surface area contributed by atoms with E-state index < -0.39 is 6.09 Å². The average Bonchev–Trinajstić information content (AvgIpc) is 2.75. The van der Waals surface area contributed by atoms with E-state index in [1.165, 1.54) is 13.3 Å². The Balaban J connectivity index is 1.83. The van der Waals surface area contributed by atoms with E-state index in [0.717, 1.165) is 30.4 Å². The van der Waals surface area contributed by atoms with E-state index in [1.54, 1.807) is 16.7 Å². The molecular weight excluding hydrogens is 408 g/mol. The van der Waals surface area contributed by atoms with Crippen LogP contribution in [-0.4, -0.2) is 38.9 Å². The number of methoxy groups -OCH3 is 1. The van der Waals surface area contributed by atoms with Crippen molar-refractivity contribution in [3.63, 3.8) is 0 Å². The Bertz CT molecular complexity index is 1230. The number of ether oxygens (including phenoxy) is 1. The van der Waals surface area contributed by atoms with Crippen LogP contribution in [0.5, 0.6) is 5.88 Å². The van der Waals surface area contributed by atoms with E-state index in [4.69, 9.17) is 4.74 Å². The monoisotopic (exact) mass is 436 g/mol. The maximum atomic E-state index is 12.8. The second-order valence-electron chi connectivity index (χ2n) is 9.30. The van der Waals surface area contributed by atoms with E-state index in [9.17, 15) is 14.7 Å². The quantitative estimate of drug-likeness (QED) is 0.643. The molecule has 2 heterocycles. The molecule has 0 bridgehead atoms. The topological polar surface area (TPSA) is 106 Å². The lowest BCUT2D eigenvalue weighted by Crippen LogP contribution is -2.47. The molecule has 8 heteroatoms. The first-order valence-electron chi connectivity index (χ1n) is 10.7. The lowest BCUT2D eigenvalue weighted by molar-refractivity contribution is 0.163. The Hall–Kier alpha value is -3.42. The fraction of sp³-hybridized carbons (Fsp3) is 0.417. The van der Waals surface area contributed by atoms with Crippen molar-refractivity contribution in [1.82, 2.24) is 19.9 Å². The molecule has 2 aromatic heterocycles. The number of carboxylic acid groups (broad SMARTS) is 1. The highest BCUT2D eigenvalue weighted by atomic mass is 16.5. The molecule has 1 amide bonds. The summed E-state index contributed by atoms with van der Waals surface area (Å²) in [5.74, 6) is 0.470. The second kappa shape index (κ2) is 8.26. The van der Waals surface area contributed by atoms with Crippen LogP contribution in [0.2, 0.25) is 0 Å². The van der Waals surface area contributed by atoms with Crippen LogP contribution in [-0.2, 0) is 6.42 Å². The number of carbonyl (C=O) groups is 1. The van der Waals surface area contributed by atoms with Crippen LogP contribution in [0.25, 0.3) is 16.9 Å². The van der Waals surface area contributed by atoms with Crippen LogP contribution in [0.4, 0.5) is 4.79 Å². The van der Waals surface area contributed by atoms with Gasteiger partial charge in [-0.05, 0) is 54.0 Å². The predicted molar refractivity (Wildman–Crippen MR) is 122 cm³/mol. The van der Waals surface area contributed by atoms with Crippen LogP contribution < -0.4 is 15.6 Å². The Labute approximate surface area is 186 Å². The number of rotatable bonds is 4. The molecule has 1 aliphatic carbocycles. The second-order valence-corrected chi connectivity index (χ2v) is 9.30. The van der Waals surface area contributed by atoms with Crippen LogP contribution in [0, 0.1) is 5.41 Å². The Morgan fingerprint density at radius 2 is 2.06 bits per heavy atom. The number of hydrogen-bond donors (Lipinski definition) is 2. The number of pyridine rings is 1. The molecule has 2 atom stereocenters. The number of benzene rings is 1. The average molecular weight is 437 g/mol. The molecule has 32 heavy (non-hydrogen) atoms. The normalized spacial score (nSPS) is 16.9. The number of aryl methyl sites for hydroxylation is 1. The summed E-state index contributed by atoms with van der Waals surface area (Å²) in [6.07, 6.45) is 3.02. The van der Waals surface area contributed by atoms with Crippen molar-refractivity contribution in [3.05, 3.63) is 58.0 Å². The van der Waals surface area contributed by atoms with Gasteiger partial charge in [-0.25, -0.2) is 9.78 Å². The van der Waals surface area contributed by atoms with Crippen LogP contribution >= 0.6 is 0 Å². The number of hydrogen-bond acceptors (Lipinski definition) is 5. The van der Waals surface area contributed by atoms with Crippen molar-refractivity contribution in [2.24, 2.45) is 5.41 Å². The van der Waals surface area contributed by atoms with Crippen molar-refractivity contribution in [2.45, 2.75) is 52.0 Å². The minimum Gasteiger partial charge on any atom is -0.481 e. The zero-order valence-corrected chi connectivity index (χ0v) is 18.8. The molecule has 4 rings (SSSR count). The Morgan fingerprint density at radius 3 is 2.75 bits per heavy atom. The Morgan fingerprint density at radius 1 is 1.28 bits per heavy atom. The molecule has 1 aromatic carbocycles. The molecule has 2 N–H and O–H groups in total. The molecule has 2 unspecified atom stereocenters. The SMILES string of the molecule is COc1ccc2ncc(=O)n(-c3ccc4c(c3)CCCC4C(NC(=O)O)C(C)(C)C)c2n1. The summed E-state index contributed by atoms with van der Waals surface area (Å²) in [4.78, 5) is 32.9. The maximum Gasteiger partial charge on any atom is 0.404 e. The van der Waals surface area contributed by atoms with Crippen molar-refractivity contribution in [3.8, 4) is 11.6 Å². The highest BCUT2D eigenvalue weighted by Gasteiger charge is 2.36. The minimum absolute atomic E-state index is 0.0630. The molecule has 0 aliphatic heterocycles. The van der Waals surface area contributed by atoms with Gasteiger partial charge in [-0.15, -0.1) is 0 Å². The lowest BCUT2D eigenvalue weighted by atomic mass is 9.70. The highest BCUT2D eigenvalue weighted by molar-refractivity contribution is 5.73. The van der Waals surface area contributed by atoms with Crippen molar-refractivity contribution >= 4 is 17.3 Å². The molecule has 168 valence electrons. The highest BCUT2D eigenvalue weighted by Crippen LogP contribution is 2.40. The molecular formula is C24H28N4O4. The molecule has 0 radical (unpaired) electrons. The number of nitrogens with zero attached hydrogens (tertiary/aromatic N) is 3. The molecule has 0 spiro atoms. The lowest BCUT2D eigenvalue weighted by Gasteiger charge is -2.40. The molecule has 1 aliphatic rings. The van der Waals surface area contributed by atoms with Crippen molar-refractivity contribution in [2.75, 3.05) is 7.11 Å². The van der Waals surface area contributed by atoms with E-state index in [0.29, 0.717) is 22.7 Å². The largest absolute Gasteiger partial charge is 0.481 e. The molecule has 8 nitrogen and oxygen atoms in total. The molecule has 3 aromatic rings. The fourth-order valence-corrected chi connectivity index (χ4v) is 4.72. The summed E-state index contributed by atoms with van der Waals surface area (Å²) in [7, 11) is 1.53. The van der Waals surface area contributed by atoms with Gasteiger partial charge in [-0.1, -0.05) is 26.8 Å². The van der Waals surface area contributed by atoms with Gasteiger partial charge in [0.1, 0.15) is 5.52 Å². The summed E-state index contributed by atoms with van der Waals surface area (Å²) in [6.45, 7) is 6.16. The number of fused-ring (bicyclic) bond motifs is 2. The zero-order valence-electron chi connectivity index (χ0n) is 18.8. The Kier molecular flexibility index (Phi) is 5.62. The third-order valence-electron chi connectivity index (χ3n) is 6.14. The van der Waals surface area contributed by atoms with Gasteiger partial charge in [0.25, 0.3) is 5.56 Å². The van der Waals surface area contributed by atoms with Gasteiger partial charge in [0, 0.05) is 18.0 Å². The van der Waals surface area contributed by atoms with E-state index in [-0.39, 0.29) is 22.9 Å². The predicted octanol–water partition coefficient (Wildman–Crippen LogP) is 3.89. The third-order valence-corrected chi connectivity index (χ3v) is 6.14.